The zero-order valence-corrected chi connectivity index (χ0v) is 16.8. The molecule has 1 amide bonds. The molecule has 0 bridgehead atoms. The van der Waals surface area contributed by atoms with Gasteiger partial charge in [-0.25, -0.2) is 12.7 Å². The lowest BCUT2D eigenvalue weighted by molar-refractivity contribution is 0.0765. The molecule has 8 nitrogen and oxygen atoms in total. The summed E-state index contributed by atoms with van der Waals surface area (Å²) in [7, 11) is -0.625. The van der Waals surface area contributed by atoms with Crippen molar-refractivity contribution in [3.8, 4) is 0 Å². The largest absolute Gasteiger partial charge is 0.378 e. The molecule has 2 aliphatic rings. The summed E-state index contributed by atoms with van der Waals surface area (Å²) in [5.74, 6) is -0.115. The maximum atomic E-state index is 13.3. The van der Waals surface area contributed by atoms with Gasteiger partial charge in [-0.15, -0.1) is 0 Å². The first kappa shape index (κ1) is 20.1. The fourth-order valence-corrected chi connectivity index (χ4v) is 4.29. The quantitative estimate of drug-likeness (QED) is 0.784. The van der Waals surface area contributed by atoms with Crippen LogP contribution in [0.5, 0.6) is 0 Å². The van der Waals surface area contributed by atoms with Crippen molar-refractivity contribution in [3.05, 3.63) is 23.8 Å². The fourth-order valence-electron chi connectivity index (χ4n) is 3.36. The summed E-state index contributed by atoms with van der Waals surface area (Å²) in [4.78, 5) is 17.3. The molecule has 1 N–H and O–H groups in total. The highest BCUT2D eigenvalue weighted by molar-refractivity contribution is 7.89. The number of amides is 1. The lowest BCUT2D eigenvalue weighted by Crippen LogP contribution is -2.39. The van der Waals surface area contributed by atoms with E-state index >= 15 is 0 Å². The third-order valence-corrected chi connectivity index (χ3v) is 6.77. The van der Waals surface area contributed by atoms with Crippen LogP contribution in [0.25, 0.3) is 0 Å². The van der Waals surface area contributed by atoms with Crippen molar-refractivity contribution in [1.82, 2.24) is 14.5 Å². The maximum absolute atomic E-state index is 13.3. The average molecular weight is 397 g/mol. The lowest BCUT2D eigenvalue weighted by Gasteiger charge is -2.32. The monoisotopic (exact) mass is 396 g/mol. The summed E-state index contributed by atoms with van der Waals surface area (Å²) in [6.45, 7) is 5.47. The zero-order valence-electron chi connectivity index (χ0n) is 16.0. The summed E-state index contributed by atoms with van der Waals surface area (Å²) >= 11 is 0. The average Bonchev–Trinajstić information content (AvgIpc) is 2.97. The van der Waals surface area contributed by atoms with Crippen molar-refractivity contribution in [2.45, 2.75) is 11.3 Å². The first-order chi connectivity index (χ1) is 12.9. The van der Waals surface area contributed by atoms with Crippen molar-refractivity contribution in [3.63, 3.8) is 0 Å². The van der Waals surface area contributed by atoms with E-state index in [0.717, 1.165) is 25.2 Å². The molecule has 0 unspecified atom stereocenters. The van der Waals surface area contributed by atoms with Crippen molar-refractivity contribution in [2.75, 3.05) is 71.5 Å². The van der Waals surface area contributed by atoms with Crippen LogP contribution in [-0.4, -0.2) is 90.1 Å². The summed E-state index contributed by atoms with van der Waals surface area (Å²) in [5.41, 5.74) is 1.22. The summed E-state index contributed by atoms with van der Waals surface area (Å²) in [6.07, 6.45) is 0.883. The summed E-state index contributed by atoms with van der Waals surface area (Å²) in [5, 5.41) is 3.29. The highest BCUT2D eigenvalue weighted by Crippen LogP contribution is 2.27. The normalized spacial score (nSPS) is 19.2. The van der Waals surface area contributed by atoms with Crippen LogP contribution in [0.3, 0.4) is 0 Å². The Balaban J connectivity index is 2.01. The number of nitrogens with one attached hydrogen (secondary N) is 1. The molecule has 0 aliphatic carbocycles. The second kappa shape index (κ2) is 8.55. The van der Waals surface area contributed by atoms with E-state index in [9.17, 15) is 13.2 Å². The van der Waals surface area contributed by atoms with Gasteiger partial charge in [0.1, 0.15) is 0 Å². The number of hydrogen-bond acceptors (Lipinski definition) is 6. The predicted molar refractivity (Wildman–Crippen MR) is 104 cm³/mol. The minimum atomic E-state index is -3.61. The summed E-state index contributed by atoms with van der Waals surface area (Å²) in [6, 6.07) is 4.87. The SMILES string of the molecule is CN(C)S(=O)(=O)c1ccc(N2CCOCC2)c(C(=O)N2CCCNCC2)c1. The molecule has 2 aliphatic heterocycles. The number of hydrogen-bond donors (Lipinski definition) is 1. The van der Waals surface area contributed by atoms with Gasteiger partial charge in [0.05, 0.1) is 23.7 Å². The van der Waals surface area contributed by atoms with Crippen LogP contribution < -0.4 is 10.2 Å². The van der Waals surface area contributed by atoms with Crippen molar-refractivity contribution in [1.29, 1.82) is 0 Å². The van der Waals surface area contributed by atoms with Gasteiger partial charge in [0, 0.05) is 52.5 Å². The highest BCUT2D eigenvalue weighted by atomic mass is 32.2. The minimum absolute atomic E-state index is 0.115. The van der Waals surface area contributed by atoms with Gasteiger partial charge < -0.3 is 19.9 Å². The van der Waals surface area contributed by atoms with E-state index in [1.54, 1.807) is 12.1 Å². The van der Waals surface area contributed by atoms with Crippen LogP contribution in [0.15, 0.2) is 23.1 Å². The van der Waals surface area contributed by atoms with Crippen molar-refractivity contribution < 1.29 is 17.9 Å². The molecule has 0 spiro atoms. The van der Waals surface area contributed by atoms with Gasteiger partial charge in [-0.3, -0.25) is 4.79 Å². The topological polar surface area (TPSA) is 82.2 Å². The smallest absolute Gasteiger partial charge is 0.256 e. The predicted octanol–water partition coefficient (Wildman–Crippen LogP) is 0.209. The van der Waals surface area contributed by atoms with E-state index in [1.165, 1.54) is 24.5 Å². The van der Waals surface area contributed by atoms with Gasteiger partial charge in [0.15, 0.2) is 0 Å². The number of rotatable bonds is 4. The second-order valence-electron chi connectivity index (χ2n) is 6.96. The van der Waals surface area contributed by atoms with E-state index in [1.807, 2.05) is 4.90 Å². The number of benzene rings is 1. The zero-order chi connectivity index (χ0) is 19.4. The molecular formula is C18H28N4O4S. The molecule has 0 saturated carbocycles. The molecule has 2 saturated heterocycles. The molecule has 2 heterocycles. The number of sulfonamides is 1. The third kappa shape index (κ3) is 4.43. The molecule has 9 heteroatoms. The van der Waals surface area contributed by atoms with E-state index in [-0.39, 0.29) is 10.8 Å². The number of morpholine rings is 1. The fraction of sp³-hybridized carbons (Fsp3) is 0.611. The number of carbonyl (C=O) groups excluding carboxylic acids is 1. The van der Waals surface area contributed by atoms with Gasteiger partial charge in [-0.05, 0) is 31.2 Å². The van der Waals surface area contributed by atoms with Crippen LogP contribution in [0, 0.1) is 0 Å². The third-order valence-electron chi connectivity index (χ3n) is 4.96. The number of ether oxygens (including phenoxy) is 1. The van der Waals surface area contributed by atoms with Crippen LogP contribution in [0.1, 0.15) is 16.8 Å². The Kier molecular flexibility index (Phi) is 6.36. The summed E-state index contributed by atoms with van der Waals surface area (Å²) < 4.78 is 31.7. The minimum Gasteiger partial charge on any atom is -0.378 e. The molecule has 1 aromatic rings. The number of carbonyl (C=O) groups is 1. The molecular weight excluding hydrogens is 368 g/mol. The lowest BCUT2D eigenvalue weighted by atomic mass is 10.1. The Labute approximate surface area is 161 Å². The Morgan fingerprint density at radius 2 is 1.85 bits per heavy atom. The Morgan fingerprint density at radius 1 is 1.11 bits per heavy atom. The van der Waals surface area contributed by atoms with E-state index in [0.29, 0.717) is 45.0 Å². The van der Waals surface area contributed by atoms with Gasteiger partial charge in [0.25, 0.3) is 5.91 Å². The second-order valence-corrected chi connectivity index (χ2v) is 9.11. The first-order valence-corrected chi connectivity index (χ1v) is 10.7. The molecule has 0 atom stereocenters. The molecule has 150 valence electrons. The van der Waals surface area contributed by atoms with Crippen LogP contribution in [0.4, 0.5) is 5.69 Å². The van der Waals surface area contributed by atoms with E-state index < -0.39 is 10.0 Å². The molecule has 3 rings (SSSR count). The Hall–Kier alpha value is -1.68. The van der Waals surface area contributed by atoms with Gasteiger partial charge >= 0.3 is 0 Å². The van der Waals surface area contributed by atoms with E-state index in [2.05, 4.69) is 10.2 Å². The highest BCUT2D eigenvalue weighted by Gasteiger charge is 2.27. The van der Waals surface area contributed by atoms with Gasteiger partial charge in [-0.2, -0.15) is 0 Å². The number of anilines is 1. The Bertz CT molecular complexity index is 768. The van der Waals surface area contributed by atoms with Gasteiger partial charge in [0.2, 0.25) is 10.0 Å². The van der Waals surface area contributed by atoms with Crippen LogP contribution >= 0.6 is 0 Å². The first-order valence-electron chi connectivity index (χ1n) is 9.30. The van der Waals surface area contributed by atoms with Crippen LogP contribution in [0.2, 0.25) is 0 Å². The molecule has 27 heavy (non-hydrogen) atoms. The van der Waals surface area contributed by atoms with Crippen molar-refractivity contribution >= 4 is 21.6 Å². The van der Waals surface area contributed by atoms with Crippen LogP contribution in [-0.2, 0) is 14.8 Å². The van der Waals surface area contributed by atoms with Gasteiger partial charge in [-0.1, -0.05) is 0 Å². The molecule has 2 fully saturated rings. The maximum Gasteiger partial charge on any atom is 0.256 e. The Morgan fingerprint density at radius 3 is 2.56 bits per heavy atom. The number of nitrogens with zero attached hydrogens (tertiary/aromatic N) is 3. The molecule has 1 aromatic carbocycles. The van der Waals surface area contributed by atoms with Crippen molar-refractivity contribution in [2.24, 2.45) is 0 Å². The molecule has 0 radical (unpaired) electrons. The standard InChI is InChI=1S/C18H28N4O4S/c1-20(2)27(24,25)15-4-5-17(21-10-12-26-13-11-21)16(14-15)18(23)22-8-3-6-19-7-9-22/h4-5,14,19H,3,6-13H2,1-2H3. The van der Waals surface area contributed by atoms with E-state index in [4.69, 9.17) is 4.74 Å². The molecule has 0 aromatic heterocycles.